The van der Waals surface area contributed by atoms with Gasteiger partial charge in [0.2, 0.25) is 0 Å². The first-order valence-electron chi connectivity index (χ1n) is 4.43. The van der Waals surface area contributed by atoms with Crippen LogP contribution < -0.4 is 5.32 Å². The second-order valence-electron chi connectivity index (χ2n) is 2.84. The van der Waals surface area contributed by atoms with E-state index in [0.29, 0.717) is 17.1 Å². The van der Waals surface area contributed by atoms with E-state index in [1.54, 1.807) is 5.38 Å². The van der Waals surface area contributed by atoms with Crippen molar-refractivity contribution in [2.45, 2.75) is 24.6 Å². The number of nitrogens with one attached hydrogen (secondary N) is 1. The number of alkyl halides is 1. The van der Waals surface area contributed by atoms with Gasteiger partial charge in [0.1, 0.15) is 0 Å². The van der Waals surface area contributed by atoms with Gasteiger partial charge in [0.05, 0.1) is 0 Å². The van der Waals surface area contributed by atoms with E-state index in [-0.39, 0.29) is 5.91 Å². The third-order valence-electron chi connectivity index (χ3n) is 1.78. The van der Waals surface area contributed by atoms with E-state index < -0.39 is 0 Å². The van der Waals surface area contributed by atoms with Gasteiger partial charge in [-0.15, -0.1) is 5.10 Å². The van der Waals surface area contributed by atoms with Gasteiger partial charge in [-0.3, -0.25) is 4.79 Å². The molecule has 1 amide bonds. The SMILES string of the molecule is CCC(Br)CCNC(=O)c1csnn1. The monoisotopic (exact) mass is 277 g/mol. The molecule has 0 saturated heterocycles. The molecule has 0 saturated carbocycles. The molecule has 0 bridgehead atoms. The van der Waals surface area contributed by atoms with Crippen LogP contribution in [0.3, 0.4) is 0 Å². The Morgan fingerprint density at radius 1 is 1.79 bits per heavy atom. The van der Waals surface area contributed by atoms with E-state index in [1.807, 2.05) is 0 Å². The lowest BCUT2D eigenvalue weighted by Crippen LogP contribution is -2.26. The summed E-state index contributed by atoms with van der Waals surface area (Å²) in [7, 11) is 0. The summed E-state index contributed by atoms with van der Waals surface area (Å²) in [5.41, 5.74) is 0.401. The Balaban J connectivity index is 2.23. The van der Waals surface area contributed by atoms with Crippen LogP contribution in [0, 0.1) is 0 Å². The van der Waals surface area contributed by atoms with Gasteiger partial charge in [-0.1, -0.05) is 27.3 Å². The quantitative estimate of drug-likeness (QED) is 0.836. The molecule has 1 N–H and O–H groups in total. The Bertz CT molecular complexity index is 278. The van der Waals surface area contributed by atoms with Crippen molar-refractivity contribution in [1.29, 1.82) is 0 Å². The Morgan fingerprint density at radius 2 is 2.57 bits per heavy atom. The minimum atomic E-state index is -0.144. The standard InChI is InChI=1S/C8H12BrN3OS/c1-2-6(9)3-4-10-8(13)7-5-14-12-11-7/h5-6H,2-4H2,1H3,(H,10,13). The molecule has 0 aliphatic carbocycles. The van der Waals surface area contributed by atoms with E-state index >= 15 is 0 Å². The predicted molar refractivity (Wildman–Crippen MR) is 59.9 cm³/mol. The van der Waals surface area contributed by atoms with Crippen molar-refractivity contribution in [3.05, 3.63) is 11.1 Å². The molecule has 4 nitrogen and oxygen atoms in total. The molecule has 1 rings (SSSR count). The largest absolute Gasteiger partial charge is 0.351 e. The molecule has 0 radical (unpaired) electrons. The fraction of sp³-hybridized carbons (Fsp3) is 0.625. The van der Waals surface area contributed by atoms with Gasteiger partial charge in [0.25, 0.3) is 5.91 Å². The van der Waals surface area contributed by atoms with Crippen LogP contribution in [0.15, 0.2) is 5.38 Å². The van der Waals surface area contributed by atoms with Crippen molar-refractivity contribution < 1.29 is 4.79 Å². The van der Waals surface area contributed by atoms with Gasteiger partial charge >= 0.3 is 0 Å². The molecule has 78 valence electrons. The highest BCUT2D eigenvalue weighted by Gasteiger charge is 2.08. The Morgan fingerprint density at radius 3 is 3.14 bits per heavy atom. The predicted octanol–water partition coefficient (Wildman–Crippen LogP) is 1.83. The van der Waals surface area contributed by atoms with Crippen LogP contribution in [0.4, 0.5) is 0 Å². The molecule has 14 heavy (non-hydrogen) atoms. The first kappa shape index (κ1) is 11.6. The number of amides is 1. The lowest BCUT2D eigenvalue weighted by molar-refractivity contribution is 0.0948. The smallest absolute Gasteiger partial charge is 0.272 e. The normalized spacial score (nSPS) is 12.4. The fourth-order valence-corrected chi connectivity index (χ4v) is 1.57. The third kappa shape index (κ3) is 3.71. The van der Waals surface area contributed by atoms with Crippen LogP contribution in [0.5, 0.6) is 0 Å². The van der Waals surface area contributed by atoms with E-state index in [4.69, 9.17) is 0 Å². The van der Waals surface area contributed by atoms with Crippen molar-refractivity contribution >= 4 is 33.4 Å². The van der Waals surface area contributed by atoms with Crippen molar-refractivity contribution in [2.75, 3.05) is 6.54 Å². The molecular formula is C8H12BrN3OS. The first-order valence-corrected chi connectivity index (χ1v) is 6.18. The third-order valence-corrected chi connectivity index (χ3v) is 3.39. The second kappa shape index (κ2) is 6.08. The van der Waals surface area contributed by atoms with E-state index in [0.717, 1.165) is 12.8 Å². The second-order valence-corrected chi connectivity index (χ2v) is 4.75. The van der Waals surface area contributed by atoms with Gasteiger partial charge < -0.3 is 5.32 Å². The maximum absolute atomic E-state index is 11.4. The van der Waals surface area contributed by atoms with Crippen LogP contribution in [0.25, 0.3) is 0 Å². The average Bonchev–Trinajstić information content (AvgIpc) is 2.70. The molecule has 0 spiro atoms. The zero-order valence-electron chi connectivity index (χ0n) is 7.86. The highest BCUT2D eigenvalue weighted by atomic mass is 79.9. The highest BCUT2D eigenvalue weighted by Crippen LogP contribution is 2.07. The molecule has 0 aliphatic heterocycles. The minimum absolute atomic E-state index is 0.144. The maximum Gasteiger partial charge on any atom is 0.272 e. The molecule has 1 unspecified atom stereocenters. The number of carbonyl (C=O) groups is 1. The summed E-state index contributed by atoms with van der Waals surface area (Å²) in [5.74, 6) is -0.144. The Hall–Kier alpha value is -0.490. The van der Waals surface area contributed by atoms with Crippen molar-refractivity contribution in [3.63, 3.8) is 0 Å². The number of carbonyl (C=O) groups excluding carboxylic acids is 1. The number of hydrogen-bond donors (Lipinski definition) is 1. The van der Waals surface area contributed by atoms with Crippen LogP contribution in [-0.2, 0) is 0 Å². The lowest BCUT2D eigenvalue weighted by Gasteiger charge is -2.06. The van der Waals surface area contributed by atoms with Gasteiger partial charge in [-0.2, -0.15) is 0 Å². The summed E-state index contributed by atoms with van der Waals surface area (Å²) in [6.45, 7) is 2.77. The van der Waals surface area contributed by atoms with E-state index in [9.17, 15) is 4.79 Å². The van der Waals surface area contributed by atoms with Gasteiger partial charge in [0.15, 0.2) is 5.69 Å². The molecule has 0 fully saturated rings. The maximum atomic E-state index is 11.4. The zero-order chi connectivity index (χ0) is 10.4. The number of hydrogen-bond acceptors (Lipinski definition) is 4. The number of nitrogens with zero attached hydrogens (tertiary/aromatic N) is 2. The lowest BCUT2D eigenvalue weighted by atomic mass is 10.2. The van der Waals surface area contributed by atoms with Crippen molar-refractivity contribution in [2.24, 2.45) is 0 Å². The van der Waals surface area contributed by atoms with Gasteiger partial charge in [-0.05, 0) is 24.4 Å². The average molecular weight is 278 g/mol. The van der Waals surface area contributed by atoms with Crippen LogP contribution in [0.1, 0.15) is 30.3 Å². The molecule has 1 aromatic heterocycles. The summed E-state index contributed by atoms with van der Waals surface area (Å²) >= 11 is 4.68. The summed E-state index contributed by atoms with van der Waals surface area (Å²) in [5, 5.41) is 8.10. The summed E-state index contributed by atoms with van der Waals surface area (Å²) in [6, 6.07) is 0. The number of aromatic nitrogens is 2. The molecule has 1 aromatic rings. The van der Waals surface area contributed by atoms with Crippen molar-refractivity contribution in [1.82, 2.24) is 14.9 Å². The first-order chi connectivity index (χ1) is 6.74. The summed E-state index contributed by atoms with van der Waals surface area (Å²) in [6.07, 6.45) is 1.99. The van der Waals surface area contributed by atoms with E-state index in [2.05, 4.69) is 37.8 Å². The molecule has 1 heterocycles. The molecule has 0 aliphatic rings. The zero-order valence-corrected chi connectivity index (χ0v) is 10.3. The molecular weight excluding hydrogens is 266 g/mol. The van der Waals surface area contributed by atoms with Gasteiger partial charge in [0, 0.05) is 16.8 Å². The van der Waals surface area contributed by atoms with Gasteiger partial charge in [-0.25, -0.2) is 0 Å². The molecule has 6 heteroatoms. The minimum Gasteiger partial charge on any atom is -0.351 e. The summed E-state index contributed by atoms with van der Waals surface area (Å²) in [4.78, 5) is 11.8. The van der Waals surface area contributed by atoms with Crippen LogP contribution in [0.2, 0.25) is 0 Å². The Labute approximate surface area is 95.4 Å². The molecule has 1 atom stereocenters. The Kier molecular flexibility index (Phi) is 5.03. The van der Waals surface area contributed by atoms with Crippen molar-refractivity contribution in [3.8, 4) is 0 Å². The fourth-order valence-electron chi connectivity index (χ4n) is 0.901. The highest BCUT2D eigenvalue weighted by molar-refractivity contribution is 9.09. The summed E-state index contributed by atoms with van der Waals surface area (Å²) < 4.78 is 3.62. The van der Waals surface area contributed by atoms with Crippen LogP contribution in [-0.4, -0.2) is 26.9 Å². The van der Waals surface area contributed by atoms with Crippen LogP contribution >= 0.6 is 27.5 Å². The number of halogens is 1. The van der Waals surface area contributed by atoms with E-state index in [1.165, 1.54) is 11.5 Å². The topological polar surface area (TPSA) is 54.9 Å². The molecule has 0 aromatic carbocycles. The number of rotatable bonds is 5.